The fourth-order valence-electron chi connectivity index (χ4n) is 3.86. The van der Waals surface area contributed by atoms with E-state index < -0.39 is 8.07 Å². The molecule has 0 aliphatic rings. The summed E-state index contributed by atoms with van der Waals surface area (Å²) in [5, 5.41) is 11.2. The number of ether oxygens (including phenoxy) is 1. The van der Waals surface area contributed by atoms with Gasteiger partial charge in [0.05, 0.1) is 7.11 Å². The summed E-state index contributed by atoms with van der Waals surface area (Å²) in [5.74, 6) is 3.68. The van der Waals surface area contributed by atoms with E-state index in [0.29, 0.717) is 16.6 Å². The SMILES string of the molecule is COc1ccc([C@H](C#C[Si](C(C)C)(C(C)C)C(C)C)C[N+](=O)[O-])cc1. The summed E-state index contributed by atoms with van der Waals surface area (Å²) in [6.45, 7) is 13.3. The van der Waals surface area contributed by atoms with Crippen LogP contribution in [0.5, 0.6) is 5.75 Å². The molecule has 1 atom stereocenters. The maximum Gasteiger partial charge on any atom is 0.221 e. The van der Waals surface area contributed by atoms with E-state index >= 15 is 0 Å². The zero-order valence-electron chi connectivity index (χ0n) is 16.5. The molecule has 1 aromatic carbocycles. The van der Waals surface area contributed by atoms with Gasteiger partial charge in [0, 0.05) is 4.92 Å². The van der Waals surface area contributed by atoms with Gasteiger partial charge in [0.1, 0.15) is 19.7 Å². The molecule has 0 aromatic heterocycles. The van der Waals surface area contributed by atoms with Crippen molar-refractivity contribution in [2.24, 2.45) is 0 Å². The molecule has 0 N–H and O–H groups in total. The quantitative estimate of drug-likeness (QED) is 0.287. The molecule has 0 saturated heterocycles. The van der Waals surface area contributed by atoms with Crippen LogP contribution in [0.2, 0.25) is 16.6 Å². The lowest BCUT2D eigenvalue weighted by atomic mass is 10.0. The molecule has 0 bridgehead atoms. The van der Waals surface area contributed by atoms with Gasteiger partial charge in [0.2, 0.25) is 6.54 Å². The smallest absolute Gasteiger partial charge is 0.221 e. The Morgan fingerprint density at radius 2 is 1.52 bits per heavy atom. The van der Waals surface area contributed by atoms with E-state index in [0.717, 1.165) is 11.3 Å². The standard InChI is InChI=1S/C20H31NO3Si/c1-15(2)25(16(3)4,17(5)6)13-12-19(14-21(22)23)18-8-10-20(24-7)11-9-18/h8-11,15-17,19H,14H2,1-7H3/t19-/m1/s1. The van der Waals surface area contributed by atoms with Gasteiger partial charge in [0.25, 0.3) is 0 Å². The lowest BCUT2D eigenvalue weighted by Crippen LogP contribution is -2.43. The van der Waals surface area contributed by atoms with Crippen LogP contribution in [0.1, 0.15) is 53.0 Å². The summed E-state index contributed by atoms with van der Waals surface area (Å²) >= 11 is 0. The molecule has 0 spiro atoms. The van der Waals surface area contributed by atoms with Crippen LogP contribution in [-0.2, 0) is 0 Å². The lowest BCUT2D eigenvalue weighted by molar-refractivity contribution is -0.481. The highest BCUT2D eigenvalue weighted by Gasteiger charge is 2.41. The maximum absolute atomic E-state index is 11.2. The van der Waals surface area contributed by atoms with Gasteiger partial charge in [-0.1, -0.05) is 59.6 Å². The van der Waals surface area contributed by atoms with Gasteiger partial charge in [0.15, 0.2) is 0 Å². The molecule has 0 fully saturated rings. The Labute approximate surface area is 153 Å². The van der Waals surface area contributed by atoms with E-state index in [1.807, 2.05) is 24.3 Å². The minimum absolute atomic E-state index is 0.169. The van der Waals surface area contributed by atoms with Crippen LogP contribution in [-0.4, -0.2) is 26.7 Å². The number of hydrogen-bond acceptors (Lipinski definition) is 3. The number of hydrogen-bond donors (Lipinski definition) is 0. The molecule has 0 amide bonds. The van der Waals surface area contributed by atoms with Gasteiger partial charge in [-0.25, -0.2) is 0 Å². The van der Waals surface area contributed by atoms with Crippen molar-refractivity contribution in [3.63, 3.8) is 0 Å². The second-order valence-corrected chi connectivity index (χ2v) is 13.1. The first-order valence-corrected chi connectivity index (χ1v) is 11.2. The number of nitro groups is 1. The molecule has 0 heterocycles. The van der Waals surface area contributed by atoms with Gasteiger partial charge in [-0.05, 0) is 34.3 Å². The van der Waals surface area contributed by atoms with Gasteiger partial charge in [-0.3, -0.25) is 10.1 Å². The minimum atomic E-state index is -1.90. The normalized spacial score (nSPS) is 12.9. The minimum Gasteiger partial charge on any atom is -0.497 e. The topological polar surface area (TPSA) is 52.4 Å². The van der Waals surface area contributed by atoms with Crippen molar-refractivity contribution in [2.75, 3.05) is 13.7 Å². The largest absolute Gasteiger partial charge is 0.497 e. The van der Waals surface area contributed by atoms with E-state index in [1.54, 1.807) is 7.11 Å². The second kappa shape index (κ2) is 9.05. The summed E-state index contributed by atoms with van der Waals surface area (Å²) in [6, 6.07) is 7.43. The molecule has 25 heavy (non-hydrogen) atoms. The van der Waals surface area contributed by atoms with Crippen LogP contribution in [0, 0.1) is 21.6 Å². The predicted octanol–water partition coefficient (Wildman–Crippen LogP) is 5.28. The highest BCUT2D eigenvalue weighted by atomic mass is 28.3. The van der Waals surface area contributed by atoms with E-state index in [1.165, 1.54) is 0 Å². The van der Waals surface area contributed by atoms with Crippen molar-refractivity contribution >= 4 is 8.07 Å². The molecule has 1 rings (SSSR count). The van der Waals surface area contributed by atoms with Crippen LogP contribution in [0.15, 0.2) is 24.3 Å². The summed E-state index contributed by atoms with van der Waals surface area (Å²) in [7, 11) is -0.292. The first-order valence-electron chi connectivity index (χ1n) is 8.93. The average Bonchev–Trinajstić information content (AvgIpc) is 2.53. The fraction of sp³-hybridized carbons (Fsp3) is 0.600. The van der Waals surface area contributed by atoms with Crippen molar-refractivity contribution in [1.82, 2.24) is 0 Å². The summed E-state index contributed by atoms with van der Waals surface area (Å²) in [5.41, 5.74) is 6.02. The molecule has 4 nitrogen and oxygen atoms in total. The van der Waals surface area contributed by atoms with Crippen LogP contribution < -0.4 is 4.74 Å². The first kappa shape index (κ1) is 21.2. The van der Waals surface area contributed by atoms with E-state index in [2.05, 4.69) is 53.0 Å². The Bertz CT molecular complexity index is 605. The first-order chi connectivity index (χ1) is 11.6. The van der Waals surface area contributed by atoms with Gasteiger partial charge in [-0.2, -0.15) is 0 Å². The summed E-state index contributed by atoms with van der Waals surface area (Å²) < 4.78 is 5.18. The van der Waals surface area contributed by atoms with Crippen LogP contribution in [0.25, 0.3) is 0 Å². The zero-order valence-corrected chi connectivity index (χ0v) is 17.5. The molecule has 0 saturated carbocycles. The van der Waals surface area contributed by atoms with Crippen molar-refractivity contribution in [2.45, 2.75) is 64.1 Å². The third-order valence-corrected chi connectivity index (χ3v) is 11.5. The molecule has 138 valence electrons. The Morgan fingerprint density at radius 3 is 1.88 bits per heavy atom. The number of methoxy groups -OCH3 is 1. The summed E-state index contributed by atoms with van der Waals surface area (Å²) in [6.07, 6.45) is 0. The van der Waals surface area contributed by atoms with Gasteiger partial charge >= 0.3 is 0 Å². The monoisotopic (exact) mass is 361 g/mol. The number of nitrogens with zero attached hydrogens (tertiary/aromatic N) is 1. The Balaban J connectivity index is 3.33. The molecule has 0 aliphatic carbocycles. The van der Waals surface area contributed by atoms with Crippen molar-refractivity contribution < 1.29 is 9.66 Å². The van der Waals surface area contributed by atoms with Crippen LogP contribution in [0.4, 0.5) is 0 Å². The fourth-order valence-corrected chi connectivity index (χ4v) is 9.16. The van der Waals surface area contributed by atoms with Gasteiger partial charge < -0.3 is 4.74 Å². The maximum atomic E-state index is 11.2. The summed E-state index contributed by atoms with van der Waals surface area (Å²) in [4.78, 5) is 10.9. The number of rotatable bonds is 7. The molecule has 0 unspecified atom stereocenters. The Kier molecular flexibility index (Phi) is 7.69. The third kappa shape index (κ3) is 5.09. The molecular formula is C20H31NO3Si. The zero-order chi connectivity index (χ0) is 19.2. The molecule has 0 aliphatic heterocycles. The third-order valence-electron chi connectivity index (χ3n) is 5.18. The highest BCUT2D eigenvalue weighted by molar-refractivity contribution is 6.90. The Hall–Kier alpha value is -1.80. The second-order valence-electron chi connectivity index (χ2n) is 7.51. The van der Waals surface area contributed by atoms with Crippen LogP contribution >= 0.6 is 0 Å². The lowest BCUT2D eigenvalue weighted by Gasteiger charge is -2.38. The van der Waals surface area contributed by atoms with Crippen molar-refractivity contribution in [3.8, 4) is 17.2 Å². The molecule has 0 radical (unpaired) electrons. The van der Waals surface area contributed by atoms with Crippen molar-refractivity contribution in [3.05, 3.63) is 39.9 Å². The highest BCUT2D eigenvalue weighted by Crippen LogP contribution is 2.41. The molecule has 1 aromatic rings. The van der Waals surface area contributed by atoms with E-state index in [4.69, 9.17) is 4.74 Å². The Morgan fingerprint density at radius 1 is 1.04 bits per heavy atom. The van der Waals surface area contributed by atoms with Crippen LogP contribution in [0.3, 0.4) is 0 Å². The molecular weight excluding hydrogens is 330 g/mol. The van der Waals surface area contributed by atoms with Gasteiger partial charge in [-0.15, -0.1) is 5.54 Å². The van der Waals surface area contributed by atoms with E-state index in [-0.39, 0.29) is 17.4 Å². The average molecular weight is 362 g/mol. The van der Waals surface area contributed by atoms with E-state index in [9.17, 15) is 10.1 Å². The predicted molar refractivity (Wildman–Crippen MR) is 106 cm³/mol. The van der Waals surface area contributed by atoms with Crippen molar-refractivity contribution in [1.29, 1.82) is 0 Å². The number of benzene rings is 1. The molecule has 5 heteroatoms.